The minimum Gasteiger partial charge on any atom is -0.496 e. The van der Waals surface area contributed by atoms with Gasteiger partial charge in [-0.05, 0) is 61.5 Å². The summed E-state index contributed by atoms with van der Waals surface area (Å²) in [5.74, 6) is -2.73. The van der Waals surface area contributed by atoms with Crippen LogP contribution < -0.4 is 19.8 Å². The van der Waals surface area contributed by atoms with Gasteiger partial charge in [-0.3, -0.25) is 23.7 Å². The molecule has 3 atom stereocenters. The Kier molecular flexibility index (Phi) is 8.54. The molecular weight excluding hydrogens is 638 g/mol. The van der Waals surface area contributed by atoms with E-state index in [4.69, 9.17) is 21.1 Å². The number of imide groups is 1. The topological polar surface area (TPSA) is 124 Å². The van der Waals surface area contributed by atoms with Gasteiger partial charge in [-0.1, -0.05) is 52.9 Å². The molecule has 3 aromatic carbocycles. The first-order valence-electron chi connectivity index (χ1n) is 13.9. The van der Waals surface area contributed by atoms with Gasteiger partial charge in [0, 0.05) is 27.1 Å². The number of aromatic nitrogens is 1. The summed E-state index contributed by atoms with van der Waals surface area (Å²) in [5, 5.41) is 2.82. The number of esters is 1. The quantitative estimate of drug-likeness (QED) is 0.202. The van der Waals surface area contributed by atoms with Crippen LogP contribution in [0.5, 0.6) is 5.75 Å². The van der Waals surface area contributed by atoms with E-state index in [0.717, 1.165) is 23.1 Å². The van der Waals surface area contributed by atoms with Crippen molar-refractivity contribution in [3.8, 4) is 5.75 Å². The number of hydrogen-bond acceptors (Lipinski definition) is 9. The number of methoxy groups -OCH3 is 1. The molecule has 1 aromatic heterocycles. The number of fused-ring (bicyclic) bond motifs is 2. The van der Waals surface area contributed by atoms with Gasteiger partial charge in [-0.2, -0.15) is 0 Å². The average molecular weight is 664 g/mol. The number of thiazole rings is 1. The first kappa shape index (κ1) is 30.6. The minimum atomic E-state index is -0.852. The van der Waals surface area contributed by atoms with E-state index in [-0.39, 0.29) is 13.2 Å². The fourth-order valence-electron chi connectivity index (χ4n) is 5.61. The van der Waals surface area contributed by atoms with Crippen molar-refractivity contribution in [1.29, 1.82) is 0 Å². The fourth-order valence-corrected chi connectivity index (χ4v) is 8.50. The molecule has 2 unspecified atom stereocenters. The van der Waals surface area contributed by atoms with Gasteiger partial charge in [0.2, 0.25) is 17.7 Å². The van der Waals surface area contributed by atoms with Crippen molar-refractivity contribution >= 4 is 69.8 Å². The summed E-state index contributed by atoms with van der Waals surface area (Å²) in [6.07, 6.45) is 0. The van der Waals surface area contributed by atoms with Crippen molar-refractivity contribution in [1.82, 2.24) is 4.57 Å². The zero-order valence-electron chi connectivity index (χ0n) is 24.0. The van der Waals surface area contributed by atoms with E-state index in [0.29, 0.717) is 43.2 Å². The molecule has 0 bridgehead atoms. The summed E-state index contributed by atoms with van der Waals surface area (Å²) in [6, 6.07) is 19.9. The van der Waals surface area contributed by atoms with Crippen LogP contribution in [0.1, 0.15) is 33.6 Å². The van der Waals surface area contributed by atoms with Crippen LogP contribution in [0.15, 0.2) is 82.6 Å². The lowest BCUT2D eigenvalue weighted by atomic mass is 9.82. The van der Waals surface area contributed by atoms with Gasteiger partial charge in [0.05, 0.1) is 35.9 Å². The standard InChI is InChI=1S/C32H26ClN3O7S2/c1-3-43-31(40)17-8-12-19(13-9-17)34-23(37)16-35-30-27(45-32(35)41)24(21-6-4-5-7-22(21)42-2)25-26(44-30)29(39)36(28(25)38)20-14-10-18(33)11-15-20/h4-15,24-26H,3,16H2,1-2H3,(H,34,37)/t24-,25?,26?/m1/s1. The molecule has 2 aliphatic heterocycles. The van der Waals surface area contributed by atoms with Crippen molar-refractivity contribution in [2.75, 3.05) is 23.9 Å². The fraction of sp³-hybridized carbons (Fsp3) is 0.219. The largest absolute Gasteiger partial charge is 0.496 e. The summed E-state index contributed by atoms with van der Waals surface area (Å²) < 4.78 is 12.0. The summed E-state index contributed by atoms with van der Waals surface area (Å²) in [5.41, 5.74) is 1.84. The second-order valence-corrected chi connectivity index (χ2v) is 12.8. The van der Waals surface area contributed by atoms with E-state index in [1.54, 1.807) is 55.5 Å². The van der Waals surface area contributed by atoms with Crippen LogP contribution in [-0.4, -0.2) is 47.2 Å². The normalized spacial score (nSPS) is 18.7. The number of para-hydroxylation sites is 1. The first-order valence-corrected chi connectivity index (χ1v) is 16.0. The Bertz CT molecular complexity index is 1870. The lowest BCUT2D eigenvalue weighted by Crippen LogP contribution is -2.33. The number of benzene rings is 3. The van der Waals surface area contributed by atoms with Gasteiger partial charge in [-0.15, -0.1) is 0 Å². The molecule has 230 valence electrons. The highest BCUT2D eigenvalue weighted by molar-refractivity contribution is 8.00. The maximum atomic E-state index is 14.0. The van der Waals surface area contributed by atoms with E-state index >= 15 is 0 Å². The summed E-state index contributed by atoms with van der Waals surface area (Å²) >= 11 is 8.13. The van der Waals surface area contributed by atoms with Crippen LogP contribution in [0, 0.1) is 5.92 Å². The Hall–Kier alpha value is -4.39. The smallest absolute Gasteiger partial charge is 0.338 e. The highest BCUT2D eigenvalue weighted by Gasteiger charge is 2.57. The Balaban J connectivity index is 1.35. The predicted octanol–water partition coefficient (Wildman–Crippen LogP) is 5.18. The second kappa shape index (κ2) is 12.5. The minimum absolute atomic E-state index is 0.244. The third-order valence-electron chi connectivity index (χ3n) is 7.59. The van der Waals surface area contributed by atoms with E-state index in [1.807, 2.05) is 12.1 Å². The number of nitrogens with one attached hydrogen (secondary N) is 1. The predicted molar refractivity (Wildman–Crippen MR) is 172 cm³/mol. The molecular formula is C32H26ClN3O7S2. The Morgan fingerprint density at radius 3 is 2.36 bits per heavy atom. The number of carbonyl (C=O) groups excluding carboxylic acids is 4. The van der Waals surface area contributed by atoms with E-state index in [2.05, 4.69) is 5.32 Å². The third kappa shape index (κ3) is 5.65. The molecule has 45 heavy (non-hydrogen) atoms. The molecule has 1 N–H and O–H groups in total. The Morgan fingerprint density at radius 1 is 0.956 bits per heavy atom. The lowest BCUT2D eigenvalue weighted by Gasteiger charge is -2.31. The van der Waals surface area contributed by atoms with Crippen molar-refractivity contribution in [2.24, 2.45) is 5.92 Å². The Morgan fingerprint density at radius 2 is 1.67 bits per heavy atom. The monoisotopic (exact) mass is 663 g/mol. The summed E-state index contributed by atoms with van der Waals surface area (Å²) in [6.45, 7) is 1.63. The highest BCUT2D eigenvalue weighted by atomic mass is 35.5. The number of hydrogen-bond donors (Lipinski definition) is 1. The maximum Gasteiger partial charge on any atom is 0.338 e. The molecule has 10 nitrogen and oxygen atoms in total. The molecule has 0 aliphatic carbocycles. The molecule has 0 radical (unpaired) electrons. The Labute approximate surface area is 270 Å². The van der Waals surface area contributed by atoms with Crippen LogP contribution in [0.4, 0.5) is 11.4 Å². The molecule has 3 heterocycles. The molecule has 2 aliphatic rings. The zero-order chi connectivity index (χ0) is 31.8. The maximum absolute atomic E-state index is 14.0. The van der Waals surface area contributed by atoms with Crippen LogP contribution in [0.25, 0.3) is 0 Å². The van der Waals surface area contributed by atoms with E-state index in [1.165, 1.54) is 28.7 Å². The molecule has 4 aromatic rings. The van der Waals surface area contributed by atoms with Gasteiger partial charge < -0.3 is 14.8 Å². The van der Waals surface area contributed by atoms with Crippen LogP contribution >= 0.6 is 34.7 Å². The number of anilines is 2. The van der Waals surface area contributed by atoms with E-state index in [9.17, 15) is 24.0 Å². The van der Waals surface area contributed by atoms with Gasteiger partial charge in [0.15, 0.2) is 0 Å². The highest BCUT2D eigenvalue weighted by Crippen LogP contribution is 2.55. The SMILES string of the molecule is CCOC(=O)c1ccc(NC(=O)Cn2c3c(sc2=O)[C@H](c2ccccc2OC)C2C(=O)N(c4ccc(Cl)cc4)C(=O)C2S3)cc1. The number of nitrogens with zero attached hydrogens (tertiary/aromatic N) is 2. The lowest BCUT2D eigenvalue weighted by molar-refractivity contribution is -0.122. The number of amides is 3. The van der Waals surface area contributed by atoms with Crippen molar-refractivity contribution in [3.63, 3.8) is 0 Å². The van der Waals surface area contributed by atoms with Gasteiger partial charge in [0.25, 0.3) is 0 Å². The second-order valence-electron chi connectivity index (χ2n) is 10.2. The van der Waals surface area contributed by atoms with Crippen molar-refractivity contribution < 1.29 is 28.7 Å². The van der Waals surface area contributed by atoms with Crippen LogP contribution in [-0.2, 0) is 25.7 Å². The average Bonchev–Trinajstić information content (AvgIpc) is 3.48. The number of rotatable bonds is 8. The molecule has 0 spiro atoms. The van der Waals surface area contributed by atoms with Crippen LogP contribution in [0.2, 0.25) is 5.02 Å². The van der Waals surface area contributed by atoms with Crippen molar-refractivity contribution in [3.05, 3.63) is 103 Å². The molecule has 1 fully saturated rings. The molecule has 0 saturated carbocycles. The molecule has 13 heteroatoms. The summed E-state index contributed by atoms with van der Waals surface area (Å²) in [7, 11) is 1.52. The van der Waals surface area contributed by atoms with Crippen molar-refractivity contribution in [2.45, 2.75) is 29.7 Å². The number of ether oxygens (including phenoxy) is 2. The first-order chi connectivity index (χ1) is 21.7. The molecule has 6 rings (SSSR count). The summed E-state index contributed by atoms with van der Waals surface area (Å²) in [4.78, 5) is 67.9. The third-order valence-corrected chi connectivity index (χ3v) is 10.4. The van der Waals surface area contributed by atoms with Gasteiger partial charge in [-0.25, -0.2) is 9.69 Å². The van der Waals surface area contributed by atoms with Gasteiger partial charge in [0.1, 0.15) is 17.5 Å². The molecule has 1 saturated heterocycles. The molecule has 3 amide bonds. The number of halogens is 1. The van der Waals surface area contributed by atoms with Gasteiger partial charge >= 0.3 is 10.8 Å². The van der Waals surface area contributed by atoms with E-state index < -0.39 is 45.6 Å². The zero-order valence-corrected chi connectivity index (χ0v) is 26.4. The number of thioether (sulfide) groups is 1. The van der Waals surface area contributed by atoms with Crippen LogP contribution in [0.3, 0.4) is 0 Å². The number of carbonyl (C=O) groups is 4.